The number of aromatic nitrogens is 1. The topological polar surface area (TPSA) is 40.5 Å². The average Bonchev–Trinajstić information content (AvgIpc) is 3.02. The molecular weight excluding hydrogens is 385 g/mol. The maximum atomic E-state index is 13.8. The quantitative estimate of drug-likeness (QED) is 0.326. The van der Waals surface area contributed by atoms with Crippen LogP contribution in [0.25, 0.3) is 10.9 Å². The lowest BCUT2D eigenvalue weighted by molar-refractivity contribution is 0.0544. The molecule has 2 aromatic rings. The van der Waals surface area contributed by atoms with Crippen molar-refractivity contribution in [3.8, 4) is 0 Å². The molecule has 0 aliphatic heterocycles. The first kappa shape index (κ1) is 23.6. The van der Waals surface area contributed by atoms with Crippen LogP contribution < -0.4 is 0 Å². The van der Waals surface area contributed by atoms with Crippen molar-refractivity contribution in [2.75, 3.05) is 6.61 Å². The van der Waals surface area contributed by atoms with E-state index in [1.54, 1.807) is 12.3 Å². The van der Waals surface area contributed by atoms with Crippen molar-refractivity contribution in [2.24, 2.45) is 0 Å². The highest BCUT2D eigenvalue weighted by atomic mass is 28.4. The number of hydrogen-bond acceptors (Lipinski definition) is 3. The summed E-state index contributed by atoms with van der Waals surface area (Å²) in [4.78, 5) is 12.6. The lowest BCUT2D eigenvalue weighted by Gasteiger charge is -2.27. The number of ether oxygens (including phenoxy) is 1. The summed E-state index contributed by atoms with van der Waals surface area (Å²) < 4.78 is 27.2. The molecule has 0 aliphatic carbocycles. The van der Waals surface area contributed by atoms with Crippen LogP contribution in [0.15, 0.2) is 24.4 Å². The van der Waals surface area contributed by atoms with E-state index in [1.807, 2.05) is 20.8 Å². The summed E-state index contributed by atoms with van der Waals surface area (Å²) in [6.07, 6.45) is 4.03. The van der Waals surface area contributed by atoms with Crippen LogP contribution in [0.3, 0.4) is 0 Å². The molecule has 0 bridgehead atoms. The van der Waals surface area contributed by atoms with Crippen molar-refractivity contribution in [2.45, 2.75) is 84.5 Å². The Morgan fingerprint density at radius 3 is 2.34 bits per heavy atom. The first-order valence-corrected chi connectivity index (χ1v) is 13.3. The third kappa shape index (κ3) is 6.16. The van der Waals surface area contributed by atoms with Crippen LogP contribution in [0, 0.1) is 5.82 Å². The average molecular weight is 422 g/mol. The fourth-order valence-electron chi connectivity index (χ4n) is 3.69. The van der Waals surface area contributed by atoms with E-state index in [0.717, 1.165) is 55.0 Å². The van der Waals surface area contributed by atoms with Crippen LogP contribution in [0.4, 0.5) is 9.18 Å². The van der Waals surface area contributed by atoms with Gasteiger partial charge in [0.25, 0.3) is 0 Å². The van der Waals surface area contributed by atoms with Gasteiger partial charge in [-0.15, -0.1) is 0 Å². The monoisotopic (exact) mass is 421 g/mol. The standard InChI is InChI=1S/C23H36FNO3Si/c1-7-29(8-2,9-3)27-15-11-10-12-18-17-25(22(26)28-23(4,5)6)21-14-13-19(24)16-20(18)21/h13-14,16-17H,7-12,15H2,1-6H3. The highest BCUT2D eigenvalue weighted by Crippen LogP contribution is 2.26. The Morgan fingerprint density at radius 2 is 1.76 bits per heavy atom. The highest BCUT2D eigenvalue weighted by molar-refractivity contribution is 6.73. The van der Waals surface area contributed by atoms with Crippen molar-refractivity contribution < 1.29 is 18.3 Å². The Kier molecular flexibility index (Phi) is 8.06. The van der Waals surface area contributed by atoms with Crippen molar-refractivity contribution in [3.05, 3.63) is 35.8 Å². The number of halogens is 1. The molecule has 1 aromatic carbocycles. The third-order valence-electron chi connectivity index (χ3n) is 5.62. The molecule has 0 N–H and O–H groups in total. The molecule has 0 amide bonds. The summed E-state index contributed by atoms with van der Waals surface area (Å²) >= 11 is 0. The van der Waals surface area contributed by atoms with Crippen LogP contribution >= 0.6 is 0 Å². The molecule has 2 rings (SSSR count). The van der Waals surface area contributed by atoms with E-state index in [1.165, 1.54) is 16.7 Å². The van der Waals surface area contributed by atoms with Crippen LogP contribution in [0.2, 0.25) is 18.1 Å². The Hall–Kier alpha value is -1.66. The van der Waals surface area contributed by atoms with Crippen LogP contribution in [-0.2, 0) is 15.6 Å². The zero-order chi connectivity index (χ0) is 21.7. The Labute approximate surface area is 175 Å². The first-order valence-electron chi connectivity index (χ1n) is 10.8. The smallest absolute Gasteiger partial charge is 0.419 e. The minimum atomic E-state index is -1.55. The van der Waals surface area contributed by atoms with Gasteiger partial charge in [-0.25, -0.2) is 9.18 Å². The molecule has 0 fully saturated rings. The molecule has 0 saturated heterocycles. The Balaban J connectivity index is 2.09. The van der Waals surface area contributed by atoms with Gasteiger partial charge in [-0.1, -0.05) is 20.8 Å². The molecule has 0 atom stereocenters. The molecule has 1 aromatic heterocycles. The van der Waals surface area contributed by atoms with Crippen LogP contribution in [-0.4, -0.2) is 31.2 Å². The predicted octanol–water partition coefficient (Wildman–Crippen LogP) is 6.91. The number of nitrogens with zero attached hydrogens (tertiary/aromatic N) is 1. The fraction of sp³-hybridized carbons (Fsp3) is 0.609. The van der Waals surface area contributed by atoms with E-state index in [4.69, 9.17) is 9.16 Å². The number of rotatable bonds is 9. The van der Waals surface area contributed by atoms with Gasteiger partial charge in [-0.05, 0) is 81.9 Å². The number of fused-ring (bicyclic) bond motifs is 1. The van der Waals surface area contributed by atoms with E-state index in [9.17, 15) is 9.18 Å². The fourth-order valence-corrected chi connectivity index (χ4v) is 6.38. The molecule has 6 heteroatoms. The van der Waals surface area contributed by atoms with Crippen molar-refractivity contribution in [1.82, 2.24) is 4.57 Å². The van der Waals surface area contributed by atoms with Crippen LogP contribution in [0.1, 0.15) is 59.9 Å². The number of carbonyl (C=O) groups excluding carboxylic acids is 1. The summed E-state index contributed by atoms with van der Waals surface area (Å²) in [5.41, 5.74) is 1.07. The number of hydrogen-bond donors (Lipinski definition) is 0. The van der Waals surface area contributed by atoms with Gasteiger partial charge in [-0.2, -0.15) is 0 Å². The molecule has 0 spiro atoms. The molecule has 0 saturated carbocycles. The van der Waals surface area contributed by atoms with Gasteiger partial charge in [0.15, 0.2) is 8.32 Å². The maximum absolute atomic E-state index is 13.8. The second-order valence-electron chi connectivity index (χ2n) is 8.72. The number of unbranched alkanes of at least 4 members (excludes halogenated alkanes) is 1. The molecule has 0 radical (unpaired) electrons. The van der Waals surface area contributed by atoms with Crippen molar-refractivity contribution in [3.63, 3.8) is 0 Å². The molecule has 0 unspecified atom stereocenters. The van der Waals surface area contributed by atoms with Crippen molar-refractivity contribution >= 4 is 25.3 Å². The van der Waals surface area contributed by atoms with Gasteiger partial charge in [0.1, 0.15) is 11.4 Å². The van der Waals surface area contributed by atoms with E-state index >= 15 is 0 Å². The second kappa shape index (κ2) is 9.89. The van der Waals surface area contributed by atoms with Gasteiger partial charge in [0.2, 0.25) is 0 Å². The van der Waals surface area contributed by atoms with Gasteiger partial charge < -0.3 is 9.16 Å². The third-order valence-corrected chi connectivity index (χ3v) is 10.3. The predicted molar refractivity (Wildman–Crippen MR) is 120 cm³/mol. The summed E-state index contributed by atoms with van der Waals surface area (Å²) in [5.74, 6) is -0.298. The highest BCUT2D eigenvalue weighted by Gasteiger charge is 2.28. The zero-order valence-electron chi connectivity index (χ0n) is 18.8. The summed E-state index contributed by atoms with van der Waals surface area (Å²) in [6, 6.07) is 8.00. The minimum Gasteiger partial charge on any atom is -0.443 e. The summed E-state index contributed by atoms with van der Waals surface area (Å²) in [5, 5.41) is 0.774. The summed E-state index contributed by atoms with van der Waals surface area (Å²) in [7, 11) is -1.55. The maximum Gasteiger partial charge on any atom is 0.419 e. The molecule has 29 heavy (non-hydrogen) atoms. The SMILES string of the molecule is CC[Si](CC)(CC)OCCCCc1cn(C(=O)OC(C)(C)C)c2ccc(F)cc12. The number of benzene rings is 1. The van der Waals surface area contributed by atoms with E-state index in [0.29, 0.717) is 5.52 Å². The number of carbonyl (C=O) groups is 1. The van der Waals surface area contributed by atoms with Gasteiger partial charge in [0, 0.05) is 18.2 Å². The molecule has 4 nitrogen and oxygen atoms in total. The zero-order valence-corrected chi connectivity index (χ0v) is 19.8. The largest absolute Gasteiger partial charge is 0.443 e. The van der Waals surface area contributed by atoms with Gasteiger partial charge in [-0.3, -0.25) is 4.57 Å². The van der Waals surface area contributed by atoms with Gasteiger partial charge >= 0.3 is 6.09 Å². The lowest BCUT2D eigenvalue weighted by Crippen LogP contribution is -2.36. The minimum absolute atomic E-state index is 0.298. The molecule has 162 valence electrons. The van der Waals surface area contributed by atoms with Crippen molar-refractivity contribution in [1.29, 1.82) is 0 Å². The van der Waals surface area contributed by atoms with Crippen LogP contribution in [0.5, 0.6) is 0 Å². The first-order chi connectivity index (χ1) is 13.6. The van der Waals surface area contributed by atoms with E-state index < -0.39 is 20.0 Å². The van der Waals surface area contributed by atoms with E-state index in [-0.39, 0.29) is 5.82 Å². The lowest BCUT2D eigenvalue weighted by atomic mass is 10.1. The summed E-state index contributed by atoms with van der Waals surface area (Å²) in [6.45, 7) is 13.0. The molecular formula is C23H36FNO3Si. The van der Waals surface area contributed by atoms with E-state index in [2.05, 4.69) is 20.8 Å². The van der Waals surface area contributed by atoms with Gasteiger partial charge in [0.05, 0.1) is 5.52 Å². The molecule has 0 aliphatic rings. The Bertz CT molecular complexity index is 813. The molecule has 1 heterocycles. The second-order valence-corrected chi connectivity index (χ2v) is 13.5. The normalized spacial score (nSPS) is 12.5. The Morgan fingerprint density at radius 1 is 1.10 bits per heavy atom. The number of aryl methyl sites for hydroxylation is 1.